The molecule has 10 nitrogen and oxygen atoms in total. The molecule has 1 fully saturated rings. The molecule has 0 aromatic heterocycles. The number of carbonyl (C=O) groups excluding carboxylic acids is 1. The van der Waals surface area contributed by atoms with Gasteiger partial charge in [0, 0.05) is 18.8 Å². The summed E-state index contributed by atoms with van der Waals surface area (Å²) in [6.07, 6.45) is 1.78. The zero-order valence-corrected chi connectivity index (χ0v) is 12.8. The molecule has 5 N–H and O–H groups in total. The van der Waals surface area contributed by atoms with Crippen molar-refractivity contribution >= 4 is 23.6 Å². The monoisotopic (exact) mass is 329 g/mol. The van der Waals surface area contributed by atoms with Crippen LogP contribution in [-0.2, 0) is 4.79 Å². The topological polar surface area (TPSA) is 164 Å². The molecular formula is C11H19N7O3S. The number of nitrogens with zero attached hydrogens (tertiary/aromatic N) is 4. The van der Waals surface area contributed by atoms with Crippen LogP contribution in [0.25, 0.3) is 0 Å². The lowest BCUT2D eigenvalue weighted by molar-refractivity contribution is -0.485. The van der Waals surface area contributed by atoms with E-state index in [1.807, 2.05) is 0 Å². The summed E-state index contributed by atoms with van der Waals surface area (Å²) in [7, 11) is 0. The molecule has 0 radical (unpaired) electrons. The van der Waals surface area contributed by atoms with Crippen LogP contribution in [0.2, 0.25) is 0 Å². The predicted octanol–water partition coefficient (Wildman–Crippen LogP) is -0.995. The molecule has 1 heterocycles. The maximum atomic E-state index is 12.1. The molecule has 122 valence electrons. The van der Waals surface area contributed by atoms with E-state index in [2.05, 4.69) is 16.5 Å². The second-order valence-corrected chi connectivity index (χ2v) is 5.82. The van der Waals surface area contributed by atoms with Gasteiger partial charge >= 0.3 is 0 Å². The molecule has 0 bridgehead atoms. The zero-order chi connectivity index (χ0) is 16.5. The lowest BCUT2D eigenvalue weighted by atomic mass is 10.1. The quantitative estimate of drug-likeness (QED) is 0.176. The van der Waals surface area contributed by atoms with Gasteiger partial charge in [0.2, 0.25) is 5.91 Å². The Labute approximate surface area is 132 Å². The van der Waals surface area contributed by atoms with Gasteiger partial charge in [0.05, 0.1) is 12.1 Å². The number of hydrazone groups is 1. The van der Waals surface area contributed by atoms with Crippen molar-refractivity contribution in [3.8, 4) is 6.07 Å². The van der Waals surface area contributed by atoms with Gasteiger partial charge in [-0.3, -0.25) is 4.79 Å². The van der Waals surface area contributed by atoms with Crippen LogP contribution in [0.4, 0.5) is 0 Å². The first-order valence-electron chi connectivity index (χ1n) is 6.75. The summed E-state index contributed by atoms with van der Waals surface area (Å²) in [6, 6.07) is 1.44. The Hall–Kier alpha value is -2.06. The molecule has 0 aliphatic carbocycles. The van der Waals surface area contributed by atoms with Crippen molar-refractivity contribution in [2.75, 3.05) is 18.8 Å². The van der Waals surface area contributed by atoms with Crippen LogP contribution in [0.3, 0.4) is 0 Å². The number of carbonyl (C=O) groups is 1. The second kappa shape index (κ2) is 9.06. The van der Waals surface area contributed by atoms with E-state index >= 15 is 0 Å². The summed E-state index contributed by atoms with van der Waals surface area (Å²) in [5.41, 5.74) is 11.1. The van der Waals surface area contributed by atoms with E-state index in [9.17, 15) is 14.9 Å². The van der Waals surface area contributed by atoms with Crippen LogP contribution in [-0.4, -0.2) is 52.1 Å². The average molecular weight is 329 g/mol. The van der Waals surface area contributed by atoms with Crippen molar-refractivity contribution in [3.05, 3.63) is 10.1 Å². The Bertz CT molecular complexity index is 479. The van der Waals surface area contributed by atoms with E-state index in [4.69, 9.17) is 16.7 Å². The lowest BCUT2D eigenvalue weighted by Gasteiger charge is -2.22. The maximum absolute atomic E-state index is 12.1. The smallest absolute Gasteiger partial charge is 0.266 e. The highest BCUT2D eigenvalue weighted by molar-refractivity contribution is 8.00. The van der Waals surface area contributed by atoms with E-state index in [0.29, 0.717) is 32.4 Å². The van der Waals surface area contributed by atoms with Gasteiger partial charge in [0.15, 0.2) is 10.4 Å². The van der Waals surface area contributed by atoms with Crippen molar-refractivity contribution in [2.45, 2.75) is 30.7 Å². The minimum atomic E-state index is -0.878. The van der Waals surface area contributed by atoms with Crippen LogP contribution < -0.4 is 16.8 Å². The SMILES string of the molecule is N#CC1SCCN1C(=O)[C@@H](N)CCCCNC(N)=N[N+](=O)[O-]. The van der Waals surface area contributed by atoms with Gasteiger partial charge in [-0.05, 0) is 19.3 Å². The first-order chi connectivity index (χ1) is 10.5. The van der Waals surface area contributed by atoms with Gasteiger partial charge in [-0.25, -0.2) is 10.1 Å². The highest BCUT2D eigenvalue weighted by atomic mass is 32.2. The van der Waals surface area contributed by atoms with Crippen molar-refractivity contribution in [1.29, 1.82) is 5.26 Å². The minimum Gasteiger partial charge on any atom is -0.365 e. The molecule has 0 saturated carbocycles. The number of rotatable bonds is 7. The van der Waals surface area contributed by atoms with E-state index < -0.39 is 16.4 Å². The van der Waals surface area contributed by atoms with Crippen LogP contribution in [0.1, 0.15) is 19.3 Å². The molecule has 11 heteroatoms. The third-order valence-corrected chi connectivity index (χ3v) is 4.13. The van der Waals surface area contributed by atoms with Crippen molar-refractivity contribution < 1.29 is 9.83 Å². The summed E-state index contributed by atoms with van der Waals surface area (Å²) in [5.74, 6) is 0.283. The van der Waals surface area contributed by atoms with Crippen molar-refractivity contribution in [2.24, 2.45) is 16.6 Å². The second-order valence-electron chi connectivity index (χ2n) is 4.64. The Morgan fingerprint density at radius 2 is 2.36 bits per heavy atom. The molecule has 1 rings (SSSR count). The standard InChI is InChI=1S/C11H19N7O3S/c12-7-9-17(5-6-22-9)10(19)8(13)3-1-2-4-15-11(14)16-18(20)21/h8-9H,1-6,13H2,(H3,14,15,16)/t8-,9?/m0/s1. The molecule has 2 atom stereocenters. The van der Waals surface area contributed by atoms with Crippen LogP contribution in [0, 0.1) is 21.4 Å². The van der Waals surface area contributed by atoms with E-state index in [0.717, 1.165) is 5.75 Å². The molecule has 1 aliphatic heterocycles. The molecule has 0 aromatic carbocycles. The Kier molecular flexibility index (Phi) is 7.41. The van der Waals surface area contributed by atoms with Gasteiger partial charge in [0.1, 0.15) is 5.10 Å². The molecule has 0 spiro atoms. The van der Waals surface area contributed by atoms with Crippen molar-refractivity contribution in [1.82, 2.24) is 10.2 Å². The fourth-order valence-electron chi connectivity index (χ4n) is 1.97. The number of nitro groups is 1. The number of nitriles is 1. The predicted molar refractivity (Wildman–Crippen MR) is 82.0 cm³/mol. The fraction of sp³-hybridized carbons (Fsp3) is 0.727. The van der Waals surface area contributed by atoms with Gasteiger partial charge in [0.25, 0.3) is 5.96 Å². The number of hydrogen-bond acceptors (Lipinski definition) is 6. The highest BCUT2D eigenvalue weighted by Crippen LogP contribution is 2.23. The number of amides is 1. The lowest BCUT2D eigenvalue weighted by Crippen LogP contribution is -2.45. The number of nitrogens with two attached hydrogens (primary N) is 2. The van der Waals surface area contributed by atoms with Crippen LogP contribution in [0.5, 0.6) is 0 Å². The van der Waals surface area contributed by atoms with Crippen LogP contribution >= 0.6 is 11.8 Å². The van der Waals surface area contributed by atoms with E-state index in [-0.39, 0.29) is 11.9 Å². The molecule has 1 saturated heterocycles. The Morgan fingerprint density at radius 1 is 1.64 bits per heavy atom. The van der Waals surface area contributed by atoms with Gasteiger partial charge < -0.3 is 21.7 Å². The maximum Gasteiger partial charge on any atom is 0.266 e. The van der Waals surface area contributed by atoms with E-state index in [1.54, 1.807) is 0 Å². The number of hydrogen-bond donors (Lipinski definition) is 3. The zero-order valence-electron chi connectivity index (χ0n) is 12.0. The number of unbranched alkanes of at least 4 members (excludes halogenated alkanes) is 1. The largest absolute Gasteiger partial charge is 0.365 e. The minimum absolute atomic E-state index is 0.209. The number of guanidine groups is 1. The highest BCUT2D eigenvalue weighted by Gasteiger charge is 2.31. The first kappa shape index (κ1) is 18.0. The molecular weight excluding hydrogens is 310 g/mol. The van der Waals surface area contributed by atoms with E-state index in [1.165, 1.54) is 16.7 Å². The summed E-state index contributed by atoms with van der Waals surface area (Å²) in [6.45, 7) is 0.954. The summed E-state index contributed by atoms with van der Waals surface area (Å²) >= 11 is 1.43. The Balaban J connectivity index is 2.23. The third kappa shape index (κ3) is 5.74. The van der Waals surface area contributed by atoms with Gasteiger partial charge in [-0.2, -0.15) is 5.26 Å². The fourth-order valence-corrected chi connectivity index (χ4v) is 2.96. The first-order valence-corrected chi connectivity index (χ1v) is 7.80. The Morgan fingerprint density at radius 3 is 3.00 bits per heavy atom. The summed E-state index contributed by atoms with van der Waals surface area (Å²) < 4.78 is 0. The van der Waals surface area contributed by atoms with Gasteiger partial charge in [-0.1, -0.05) is 0 Å². The van der Waals surface area contributed by atoms with Crippen molar-refractivity contribution in [3.63, 3.8) is 0 Å². The molecule has 22 heavy (non-hydrogen) atoms. The molecule has 1 aliphatic rings. The van der Waals surface area contributed by atoms with Crippen LogP contribution in [0.15, 0.2) is 5.10 Å². The third-order valence-electron chi connectivity index (χ3n) is 3.04. The summed E-state index contributed by atoms with van der Waals surface area (Å²) in [5, 5.41) is 23.2. The number of nitrogens with one attached hydrogen (secondary N) is 1. The molecule has 1 unspecified atom stereocenters. The number of thioether (sulfide) groups is 1. The summed E-state index contributed by atoms with van der Waals surface area (Å²) in [4.78, 5) is 23.7. The molecule has 1 amide bonds. The molecule has 0 aromatic rings. The van der Waals surface area contributed by atoms with Gasteiger partial charge in [-0.15, -0.1) is 11.8 Å². The average Bonchev–Trinajstić information content (AvgIpc) is 2.93. The normalized spacial score (nSPS) is 19.5.